The van der Waals surface area contributed by atoms with Crippen LogP contribution in [0.5, 0.6) is 0 Å². The van der Waals surface area contributed by atoms with Gasteiger partial charge < -0.3 is 4.90 Å². The second-order valence-corrected chi connectivity index (χ2v) is 5.22. The predicted molar refractivity (Wildman–Crippen MR) is 65.6 cm³/mol. The predicted octanol–water partition coefficient (Wildman–Crippen LogP) is 3.59. The van der Waals surface area contributed by atoms with Crippen molar-refractivity contribution in [3.8, 4) is 0 Å². The highest BCUT2D eigenvalue weighted by Crippen LogP contribution is 2.34. The van der Waals surface area contributed by atoms with E-state index in [1.54, 1.807) is 5.70 Å². The van der Waals surface area contributed by atoms with Gasteiger partial charge in [-0.2, -0.15) is 0 Å². The number of nitrogens with zero attached hydrogens (tertiary/aromatic N) is 1. The summed E-state index contributed by atoms with van der Waals surface area (Å²) in [4.78, 5) is 2.60. The summed E-state index contributed by atoms with van der Waals surface area (Å²) in [5.41, 5.74) is 2.94. The van der Waals surface area contributed by atoms with Crippen molar-refractivity contribution in [1.29, 1.82) is 0 Å². The molecule has 0 radical (unpaired) electrons. The normalized spacial score (nSPS) is 31.6. The molecule has 1 nitrogen and oxygen atoms in total. The van der Waals surface area contributed by atoms with Gasteiger partial charge in [-0.3, -0.25) is 0 Å². The first kappa shape index (κ1) is 10.8. The number of hydrogen-bond acceptors (Lipinski definition) is 1. The Morgan fingerprint density at radius 1 is 1.33 bits per heavy atom. The van der Waals surface area contributed by atoms with Gasteiger partial charge in [-0.1, -0.05) is 25.2 Å². The minimum absolute atomic E-state index is 0.636. The molecule has 1 heteroatoms. The summed E-state index contributed by atoms with van der Waals surface area (Å²) in [6.07, 6.45) is 7.87. The monoisotopic (exact) mass is 205 g/mol. The molecule has 1 fully saturated rings. The number of likely N-dealkylation sites (tertiary alicyclic amines) is 1. The minimum atomic E-state index is 0.636. The van der Waals surface area contributed by atoms with Gasteiger partial charge >= 0.3 is 0 Å². The number of rotatable bonds is 2. The Labute approximate surface area is 93.9 Å². The lowest BCUT2D eigenvalue weighted by atomic mass is 9.83. The Hall–Kier alpha value is -0.720. The molecule has 0 N–H and O–H groups in total. The summed E-state index contributed by atoms with van der Waals surface area (Å²) in [5.74, 6) is 1.40. The van der Waals surface area contributed by atoms with E-state index in [9.17, 15) is 0 Å². The fourth-order valence-corrected chi connectivity index (χ4v) is 2.81. The Morgan fingerprint density at radius 3 is 2.60 bits per heavy atom. The third-order valence-electron chi connectivity index (χ3n) is 3.89. The first-order chi connectivity index (χ1) is 7.18. The van der Waals surface area contributed by atoms with Crippen molar-refractivity contribution in [3.63, 3.8) is 0 Å². The van der Waals surface area contributed by atoms with Gasteiger partial charge in [0.2, 0.25) is 0 Å². The van der Waals surface area contributed by atoms with Crippen molar-refractivity contribution in [2.45, 2.75) is 39.5 Å². The van der Waals surface area contributed by atoms with Gasteiger partial charge in [0.25, 0.3) is 0 Å². The highest BCUT2D eigenvalue weighted by Gasteiger charge is 2.25. The second kappa shape index (κ2) is 4.42. The Balaban J connectivity index is 2.14. The minimum Gasteiger partial charge on any atom is -0.375 e. The average Bonchev–Trinajstić information content (AvgIpc) is 2.71. The fourth-order valence-electron chi connectivity index (χ4n) is 2.81. The van der Waals surface area contributed by atoms with Gasteiger partial charge in [0.1, 0.15) is 0 Å². The zero-order chi connectivity index (χ0) is 10.8. The molecule has 0 amide bonds. The highest BCUT2D eigenvalue weighted by atomic mass is 15.2. The summed E-state index contributed by atoms with van der Waals surface area (Å²) in [7, 11) is 0. The first-order valence-electron chi connectivity index (χ1n) is 6.30. The van der Waals surface area contributed by atoms with E-state index in [0.717, 1.165) is 5.92 Å². The molecule has 1 aliphatic carbocycles. The van der Waals surface area contributed by atoms with Gasteiger partial charge in [0, 0.05) is 18.8 Å². The zero-order valence-electron chi connectivity index (χ0n) is 10.1. The number of allylic oxidation sites excluding steroid dienone is 3. The topological polar surface area (TPSA) is 3.24 Å². The van der Waals surface area contributed by atoms with E-state index in [1.165, 1.54) is 44.3 Å². The maximum absolute atomic E-state index is 4.10. The van der Waals surface area contributed by atoms with Crippen molar-refractivity contribution in [2.24, 2.45) is 11.8 Å². The van der Waals surface area contributed by atoms with Crippen LogP contribution in [0.2, 0.25) is 0 Å². The molecule has 0 aromatic carbocycles. The van der Waals surface area contributed by atoms with Crippen LogP contribution in [0.4, 0.5) is 0 Å². The van der Waals surface area contributed by atoms with Gasteiger partial charge in [-0.05, 0) is 44.4 Å². The average molecular weight is 205 g/mol. The standard InChI is InChI=1S/C14H23N/c1-11(2)13-7-6-12(3)14(10-13)15-8-4-5-9-15/h10,12-13H,1,4-9H2,2-3H3. The molecular weight excluding hydrogens is 182 g/mol. The first-order valence-corrected chi connectivity index (χ1v) is 6.30. The summed E-state index contributed by atoms with van der Waals surface area (Å²) in [6, 6.07) is 0. The Morgan fingerprint density at radius 2 is 2.00 bits per heavy atom. The van der Waals surface area contributed by atoms with E-state index in [1.807, 2.05) is 0 Å². The SMILES string of the molecule is C=C(C)C1C=C(N2CCCC2)C(C)CC1. The van der Waals surface area contributed by atoms with Crippen LogP contribution in [0, 0.1) is 11.8 Å². The van der Waals surface area contributed by atoms with Crippen LogP contribution in [-0.2, 0) is 0 Å². The van der Waals surface area contributed by atoms with Crippen molar-refractivity contribution in [2.75, 3.05) is 13.1 Å². The smallest absolute Gasteiger partial charge is 0.0175 e. The fraction of sp³-hybridized carbons (Fsp3) is 0.714. The van der Waals surface area contributed by atoms with Crippen molar-refractivity contribution in [1.82, 2.24) is 4.90 Å². The lowest BCUT2D eigenvalue weighted by Gasteiger charge is -2.33. The van der Waals surface area contributed by atoms with E-state index in [0.29, 0.717) is 5.92 Å². The second-order valence-electron chi connectivity index (χ2n) is 5.22. The maximum Gasteiger partial charge on any atom is 0.0175 e. The van der Waals surface area contributed by atoms with E-state index in [4.69, 9.17) is 0 Å². The summed E-state index contributed by atoms with van der Waals surface area (Å²) < 4.78 is 0. The van der Waals surface area contributed by atoms with Crippen LogP contribution in [0.15, 0.2) is 23.9 Å². The molecule has 0 spiro atoms. The molecule has 0 aromatic heterocycles. The highest BCUT2D eigenvalue weighted by molar-refractivity contribution is 5.18. The van der Waals surface area contributed by atoms with Crippen molar-refractivity contribution >= 4 is 0 Å². The Kier molecular flexibility index (Phi) is 3.18. The third-order valence-corrected chi connectivity index (χ3v) is 3.89. The molecular formula is C14H23N. The lowest BCUT2D eigenvalue weighted by molar-refractivity contribution is 0.330. The Bertz CT molecular complexity index is 271. The van der Waals surface area contributed by atoms with Crippen LogP contribution in [0.1, 0.15) is 39.5 Å². The van der Waals surface area contributed by atoms with Crippen LogP contribution in [0.3, 0.4) is 0 Å². The molecule has 2 unspecified atom stereocenters. The molecule has 1 aliphatic heterocycles. The third kappa shape index (κ3) is 2.27. The molecule has 1 saturated heterocycles. The molecule has 84 valence electrons. The molecule has 2 rings (SSSR count). The molecule has 0 saturated carbocycles. The largest absolute Gasteiger partial charge is 0.375 e. The number of hydrogen-bond donors (Lipinski definition) is 0. The summed E-state index contributed by atoms with van der Waals surface area (Å²) >= 11 is 0. The van der Waals surface area contributed by atoms with Crippen molar-refractivity contribution < 1.29 is 0 Å². The van der Waals surface area contributed by atoms with Gasteiger partial charge in [0.05, 0.1) is 0 Å². The van der Waals surface area contributed by atoms with E-state index in [-0.39, 0.29) is 0 Å². The van der Waals surface area contributed by atoms with E-state index in [2.05, 4.69) is 31.4 Å². The molecule has 0 bridgehead atoms. The molecule has 2 aliphatic rings. The molecule has 1 heterocycles. The van der Waals surface area contributed by atoms with Gasteiger partial charge in [-0.15, -0.1) is 0 Å². The summed E-state index contributed by atoms with van der Waals surface area (Å²) in [5, 5.41) is 0. The van der Waals surface area contributed by atoms with Crippen LogP contribution < -0.4 is 0 Å². The van der Waals surface area contributed by atoms with Crippen LogP contribution >= 0.6 is 0 Å². The lowest BCUT2D eigenvalue weighted by Crippen LogP contribution is -2.27. The van der Waals surface area contributed by atoms with Crippen LogP contribution in [0.25, 0.3) is 0 Å². The quantitative estimate of drug-likeness (QED) is 0.623. The van der Waals surface area contributed by atoms with Gasteiger partial charge in [-0.25, -0.2) is 0 Å². The molecule has 15 heavy (non-hydrogen) atoms. The van der Waals surface area contributed by atoms with E-state index < -0.39 is 0 Å². The van der Waals surface area contributed by atoms with Crippen molar-refractivity contribution in [3.05, 3.63) is 23.9 Å². The zero-order valence-corrected chi connectivity index (χ0v) is 10.1. The molecule has 0 aromatic rings. The molecule has 2 atom stereocenters. The maximum atomic E-state index is 4.10. The summed E-state index contributed by atoms with van der Waals surface area (Å²) in [6.45, 7) is 11.2. The van der Waals surface area contributed by atoms with Crippen LogP contribution in [-0.4, -0.2) is 18.0 Å². The van der Waals surface area contributed by atoms with Gasteiger partial charge in [0.15, 0.2) is 0 Å². The van der Waals surface area contributed by atoms with E-state index >= 15 is 0 Å².